The lowest BCUT2D eigenvalue weighted by Gasteiger charge is -2.10. The fourth-order valence-electron chi connectivity index (χ4n) is 1.99. The Hall–Kier alpha value is -3.08. The average molecular weight is 325 g/mol. The summed E-state index contributed by atoms with van der Waals surface area (Å²) in [6.07, 6.45) is 3.22. The van der Waals surface area contributed by atoms with Crippen LogP contribution < -0.4 is 14.8 Å². The molecular formula is C19H19NO4. The van der Waals surface area contributed by atoms with Gasteiger partial charge >= 0.3 is 0 Å². The molecule has 1 N–H and O–H groups in total. The summed E-state index contributed by atoms with van der Waals surface area (Å²) in [7, 11) is 3.06. The summed E-state index contributed by atoms with van der Waals surface area (Å²) in [5, 5.41) is 2.48. The van der Waals surface area contributed by atoms with Crippen molar-refractivity contribution in [3.05, 3.63) is 65.7 Å². The first kappa shape index (κ1) is 17.3. The summed E-state index contributed by atoms with van der Waals surface area (Å²) in [4.78, 5) is 23.3. The van der Waals surface area contributed by atoms with Crippen LogP contribution in [0.15, 0.2) is 54.6 Å². The van der Waals surface area contributed by atoms with Crippen LogP contribution in [0.3, 0.4) is 0 Å². The molecule has 0 fully saturated rings. The van der Waals surface area contributed by atoms with Gasteiger partial charge in [0.15, 0.2) is 23.9 Å². The minimum atomic E-state index is -0.227. The summed E-state index contributed by atoms with van der Waals surface area (Å²) in [5.74, 6) is 0.657. The lowest BCUT2D eigenvalue weighted by Crippen LogP contribution is -2.24. The summed E-state index contributed by atoms with van der Waals surface area (Å²) in [5.41, 5.74) is 1.43. The van der Waals surface area contributed by atoms with Gasteiger partial charge in [-0.3, -0.25) is 9.59 Å². The molecule has 0 bridgehead atoms. The molecule has 0 radical (unpaired) electrons. The van der Waals surface area contributed by atoms with E-state index in [0.717, 1.165) is 5.56 Å². The van der Waals surface area contributed by atoms with Crippen LogP contribution in [-0.4, -0.2) is 32.5 Å². The molecule has 1 amide bonds. The van der Waals surface area contributed by atoms with Crippen molar-refractivity contribution in [3.8, 4) is 11.5 Å². The molecule has 124 valence electrons. The van der Waals surface area contributed by atoms with E-state index in [1.165, 1.54) is 13.2 Å². The van der Waals surface area contributed by atoms with Gasteiger partial charge in [-0.2, -0.15) is 0 Å². The number of ketones is 1. The molecule has 0 aliphatic heterocycles. The van der Waals surface area contributed by atoms with Gasteiger partial charge in [-0.25, -0.2) is 0 Å². The van der Waals surface area contributed by atoms with Crippen LogP contribution >= 0.6 is 0 Å². The number of hydrogen-bond donors (Lipinski definition) is 1. The highest BCUT2D eigenvalue weighted by molar-refractivity contribution is 6.06. The molecule has 0 atom stereocenters. The van der Waals surface area contributed by atoms with Gasteiger partial charge in [-0.15, -0.1) is 0 Å². The number of ether oxygens (including phenoxy) is 2. The predicted octanol–water partition coefficient (Wildman–Crippen LogP) is 2.72. The Kier molecular flexibility index (Phi) is 6.14. The minimum Gasteiger partial charge on any atom is -0.493 e. The zero-order chi connectivity index (χ0) is 17.4. The van der Waals surface area contributed by atoms with Crippen molar-refractivity contribution in [2.45, 2.75) is 0 Å². The molecule has 5 nitrogen and oxygen atoms in total. The largest absolute Gasteiger partial charge is 0.493 e. The average Bonchev–Trinajstić information content (AvgIpc) is 2.64. The highest BCUT2D eigenvalue weighted by Gasteiger charge is 2.07. The van der Waals surface area contributed by atoms with E-state index in [-0.39, 0.29) is 18.3 Å². The Balaban J connectivity index is 2.10. The molecule has 0 aromatic heterocycles. The van der Waals surface area contributed by atoms with Crippen molar-refractivity contribution in [2.75, 3.05) is 20.8 Å². The van der Waals surface area contributed by atoms with Crippen molar-refractivity contribution < 1.29 is 19.1 Å². The number of carbonyl (C=O) groups is 2. The summed E-state index contributed by atoms with van der Waals surface area (Å²) < 4.78 is 10.7. The van der Waals surface area contributed by atoms with E-state index in [1.54, 1.807) is 43.5 Å². The van der Waals surface area contributed by atoms with Gasteiger partial charge in [-0.1, -0.05) is 42.5 Å². The highest BCUT2D eigenvalue weighted by atomic mass is 16.5. The number of rotatable bonds is 7. The number of amides is 1. The van der Waals surface area contributed by atoms with Crippen LogP contribution in [-0.2, 0) is 4.79 Å². The third kappa shape index (κ3) is 4.71. The predicted molar refractivity (Wildman–Crippen MR) is 92.4 cm³/mol. The lowest BCUT2D eigenvalue weighted by molar-refractivity contribution is -0.122. The maximum absolute atomic E-state index is 12.1. The molecule has 0 aliphatic rings. The van der Waals surface area contributed by atoms with Crippen LogP contribution in [0.25, 0.3) is 6.08 Å². The third-order valence-corrected chi connectivity index (χ3v) is 3.31. The summed E-state index contributed by atoms with van der Waals surface area (Å²) in [6.45, 7) is -0.0888. The standard InChI is InChI=1S/C19H19NO4/c1-20-19(22)13-24-17-11-9-14(12-18(17)23-2)8-10-16(21)15-6-4-3-5-7-15/h3-12H,13H2,1-2H3,(H,20,22). The lowest BCUT2D eigenvalue weighted by atomic mass is 10.1. The van der Waals surface area contributed by atoms with Gasteiger partial charge in [0, 0.05) is 12.6 Å². The minimum absolute atomic E-state index is 0.0745. The van der Waals surface area contributed by atoms with E-state index in [2.05, 4.69) is 5.32 Å². The van der Waals surface area contributed by atoms with Gasteiger partial charge in [0.2, 0.25) is 0 Å². The first-order chi connectivity index (χ1) is 11.6. The quantitative estimate of drug-likeness (QED) is 0.628. The van der Waals surface area contributed by atoms with Crippen molar-refractivity contribution in [1.29, 1.82) is 0 Å². The summed E-state index contributed by atoms with van der Waals surface area (Å²) >= 11 is 0. The Labute approximate surface area is 140 Å². The van der Waals surface area contributed by atoms with Crippen LogP contribution in [0.1, 0.15) is 15.9 Å². The topological polar surface area (TPSA) is 64.6 Å². The van der Waals surface area contributed by atoms with E-state index < -0.39 is 0 Å². The van der Waals surface area contributed by atoms with Crippen molar-refractivity contribution >= 4 is 17.8 Å². The van der Waals surface area contributed by atoms with Gasteiger partial charge in [0.05, 0.1) is 7.11 Å². The fraction of sp³-hybridized carbons (Fsp3) is 0.158. The molecule has 5 heteroatoms. The van der Waals surface area contributed by atoms with E-state index in [1.807, 2.05) is 18.2 Å². The maximum Gasteiger partial charge on any atom is 0.257 e. The number of nitrogens with one attached hydrogen (secondary N) is 1. The SMILES string of the molecule is CNC(=O)COc1ccc(C=CC(=O)c2ccccc2)cc1OC. The second-order valence-corrected chi connectivity index (χ2v) is 4.94. The molecule has 0 aliphatic carbocycles. The Morgan fingerprint density at radius 3 is 2.50 bits per heavy atom. The summed E-state index contributed by atoms with van der Waals surface area (Å²) in [6, 6.07) is 14.3. The number of likely N-dealkylation sites (N-methyl/N-ethyl adjacent to an activating group) is 1. The molecular weight excluding hydrogens is 306 g/mol. The van der Waals surface area contributed by atoms with Crippen LogP contribution in [0.2, 0.25) is 0 Å². The number of carbonyl (C=O) groups excluding carboxylic acids is 2. The monoisotopic (exact) mass is 325 g/mol. The molecule has 0 spiro atoms. The molecule has 0 heterocycles. The Morgan fingerprint density at radius 2 is 1.83 bits per heavy atom. The fourth-order valence-corrected chi connectivity index (χ4v) is 1.99. The molecule has 2 rings (SSSR count). The van der Waals surface area contributed by atoms with Gasteiger partial charge < -0.3 is 14.8 Å². The molecule has 2 aromatic rings. The van der Waals surface area contributed by atoms with Gasteiger partial charge in [-0.05, 0) is 23.8 Å². The van der Waals surface area contributed by atoms with Crippen LogP contribution in [0, 0.1) is 0 Å². The van der Waals surface area contributed by atoms with Crippen LogP contribution in [0.5, 0.6) is 11.5 Å². The second kappa shape index (κ2) is 8.53. The number of hydrogen-bond acceptors (Lipinski definition) is 4. The molecule has 24 heavy (non-hydrogen) atoms. The van der Waals surface area contributed by atoms with Crippen LogP contribution in [0.4, 0.5) is 0 Å². The third-order valence-electron chi connectivity index (χ3n) is 3.31. The Morgan fingerprint density at radius 1 is 1.08 bits per heavy atom. The van der Waals surface area contributed by atoms with Crippen molar-refractivity contribution in [2.24, 2.45) is 0 Å². The molecule has 0 saturated heterocycles. The normalized spacial score (nSPS) is 10.4. The van der Waals surface area contributed by atoms with E-state index in [0.29, 0.717) is 17.1 Å². The van der Waals surface area contributed by atoms with Gasteiger partial charge in [0.1, 0.15) is 0 Å². The molecule has 2 aromatic carbocycles. The number of benzene rings is 2. The molecule has 0 saturated carbocycles. The molecule has 0 unspecified atom stereocenters. The van der Waals surface area contributed by atoms with E-state index >= 15 is 0 Å². The maximum atomic E-state index is 12.1. The van der Waals surface area contributed by atoms with Crippen molar-refractivity contribution in [1.82, 2.24) is 5.32 Å². The first-order valence-corrected chi connectivity index (χ1v) is 7.43. The first-order valence-electron chi connectivity index (χ1n) is 7.43. The van der Waals surface area contributed by atoms with E-state index in [4.69, 9.17) is 9.47 Å². The second-order valence-electron chi connectivity index (χ2n) is 4.94. The Bertz CT molecular complexity index is 738. The highest BCUT2D eigenvalue weighted by Crippen LogP contribution is 2.28. The smallest absolute Gasteiger partial charge is 0.257 e. The zero-order valence-corrected chi connectivity index (χ0v) is 13.6. The number of allylic oxidation sites excluding steroid dienone is 1. The van der Waals surface area contributed by atoms with Gasteiger partial charge in [0.25, 0.3) is 5.91 Å². The zero-order valence-electron chi connectivity index (χ0n) is 13.6. The number of methoxy groups -OCH3 is 1. The van der Waals surface area contributed by atoms with Crippen molar-refractivity contribution in [3.63, 3.8) is 0 Å². The van der Waals surface area contributed by atoms with E-state index in [9.17, 15) is 9.59 Å².